The van der Waals surface area contributed by atoms with E-state index < -0.39 is 17.8 Å². The quantitative estimate of drug-likeness (QED) is 0.626. The van der Waals surface area contributed by atoms with Crippen LogP contribution in [0.5, 0.6) is 0 Å². The molecule has 2 aliphatic rings. The van der Waals surface area contributed by atoms with Crippen molar-refractivity contribution < 1.29 is 14.0 Å². The maximum atomic E-state index is 13.5. The van der Waals surface area contributed by atoms with E-state index in [0.29, 0.717) is 24.6 Å². The number of amides is 2. The number of halogens is 1. The van der Waals surface area contributed by atoms with Crippen molar-refractivity contribution in [3.8, 4) is 0 Å². The van der Waals surface area contributed by atoms with Gasteiger partial charge in [0.25, 0.3) is 5.91 Å². The molecule has 2 fully saturated rings. The van der Waals surface area contributed by atoms with Crippen LogP contribution in [-0.4, -0.2) is 42.9 Å². The van der Waals surface area contributed by atoms with Crippen LogP contribution in [0.15, 0.2) is 48.5 Å². The van der Waals surface area contributed by atoms with Crippen LogP contribution in [0.3, 0.4) is 0 Å². The number of rotatable bonds is 5. The number of piperidine rings is 2. The predicted octanol–water partition coefficient (Wildman–Crippen LogP) is 3.12. The van der Waals surface area contributed by atoms with E-state index in [-0.39, 0.29) is 17.2 Å². The van der Waals surface area contributed by atoms with E-state index in [0.717, 1.165) is 37.9 Å². The first-order valence-corrected chi connectivity index (χ1v) is 11.4. The van der Waals surface area contributed by atoms with E-state index in [1.807, 2.05) is 35.2 Å². The van der Waals surface area contributed by atoms with Crippen LogP contribution in [0.25, 0.3) is 0 Å². The van der Waals surface area contributed by atoms with Gasteiger partial charge in [-0.05, 0) is 74.4 Å². The van der Waals surface area contributed by atoms with Crippen molar-refractivity contribution in [1.29, 1.82) is 0 Å². The molecule has 2 aromatic rings. The smallest absolute Gasteiger partial charge is 0.254 e. The summed E-state index contributed by atoms with van der Waals surface area (Å²) in [5.74, 6) is 0.277. The predicted molar refractivity (Wildman–Crippen MR) is 122 cm³/mol. The molecule has 32 heavy (non-hydrogen) atoms. The van der Waals surface area contributed by atoms with Gasteiger partial charge in [-0.15, -0.1) is 0 Å². The Kier molecular flexibility index (Phi) is 7.05. The Labute approximate surface area is 188 Å². The zero-order chi connectivity index (χ0) is 22.5. The lowest BCUT2D eigenvalue weighted by atomic mass is 9.79. The van der Waals surface area contributed by atoms with Gasteiger partial charge in [0, 0.05) is 18.8 Å². The number of benzene rings is 2. The number of carbonyl (C=O) groups excluding carboxylic acids is 2. The Morgan fingerprint density at radius 3 is 2.31 bits per heavy atom. The molecule has 2 aromatic carbocycles. The van der Waals surface area contributed by atoms with E-state index in [4.69, 9.17) is 5.73 Å². The monoisotopic (exact) mass is 438 g/mol. The van der Waals surface area contributed by atoms with Crippen molar-refractivity contribution in [1.82, 2.24) is 15.5 Å². The molecule has 4 rings (SSSR count). The lowest BCUT2D eigenvalue weighted by Gasteiger charge is -2.39. The van der Waals surface area contributed by atoms with Crippen LogP contribution in [0.4, 0.5) is 10.1 Å². The fraction of sp³-hybridized carbons (Fsp3) is 0.440. The van der Waals surface area contributed by atoms with Crippen LogP contribution in [0.1, 0.15) is 47.6 Å². The first kappa shape index (κ1) is 22.3. The Balaban J connectivity index is 1.47. The molecular weight excluding hydrogens is 407 g/mol. The van der Waals surface area contributed by atoms with E-state index in [1.165, 1.54) is 25.0 Å². The van der Waals surface area contributed by atoms with Crippen LogP contribution in [-0.2, 0) is 4.79 Å². The van der Waals surface area contributed by atoms with E-state index in [9.17, 15) is 14.0 Å². The second kappa shape index (κ2) is 10.1. The molecule has 2 aliphatic heterocycles. The Morgan fingerprint density at radius 1 is 1.00 bits per heavy atom. The summed E-state index contributed by atoms with van der Waals surface area (Å²) < 4.78 is 13.4. The Bertz CT molecular complexity index is 938. The fourth-order valence-corrected chi connectivity index (χ4v) is 4.97. The summed E-state index contributed by atoms with van der Waals surface area (Å²) in [4.78, 5) is 28.3. The Hall–Kier alpha value is -2.93. The maximum Gasteiger partial charge on any atom is 0.254 e. The zero-order valence-electron chi connectivity index (χ0n) is 18.2. The zero-order valence-corrected chi connectivity index (χ0v) is 18.2. The van der Waals surface area contributed by atoms with Crippen molar-refractivity contribution in [2.45, 2.75) is 31.7 Å². The minimum Gasteiger partial charge on any atom is -0.398 e. The van der Waals surface area contributed by atoms with Gasteiger partial charge in [-0.1, -0.05) is 30.3 Å². The SMILES string of the molecule is Nc1cc(F)ccc1C(=O)NC(C(=O)N1CCC(C2CCNCC2)CC1)c1ccccc1. The van der Waals surface area contributed by atoms with E-state index in [2.05, 4.69) is 10.6 Å². The highest BCUT2D eigenvalue weighted by atomic mass is 19.1. The largest absolute Gasteiger partial charge is 0.398 e. The molecule has 2 saturated heterocycles. The van der Waals surface area contributed by atoms with Gasteiger partial charge in [-0.25, -0.2) is 4.39 Å². The second-order valence-electron chi connectivity index (χ2n) is 8.80. The van der Waals surface area contributed by atoms with Gasteiger partial charge in [-0.2, -0.15) is 0 Å². The van der Waals surface area contributed by atoms with Gasteiger partial charge in [-0.3, -0.25) is 9.59 Å². The summed E-state index contributed by atoms with van der Waals surface area (Å²) in [6, 6.07) is 12.1. The van der Waals surface area contributed by atoms with Crippen molar-refractivity contribution in [3.05, 3.63) is 65.5 Å². The molecule has 2 amide bonds. The van der Waals surface area contributed by atoms with Gasteiger partial charge >= 0.3 is 0 Å². The highest BCUT2D eigenvalue weighted by molar-refractivity contribution is 6.01. The number of nitrogens with one attached hydrogen (secondary N) is 2. The molecule has 0 aliphatic carbocycles. The van der Waals surface area contributed by atoms with Crippen LogP contribution < -0.4 is 16.4 Å². The maximum absolute atomic E-state index is 13.5. The number of hydrogen-bond acceptors (Lipinski definition) is 4. The summed E-state index contributed by atoms with van der Waals surface area (Å²) in [5, 5.41) is 6.26. The topological polar surface area (TPSA) is 87.5 Å². The first-order valence-electron chi connectivity index (χ1n) is 11.4. The van der Waals surface area contributed by atoms with Crippen LogP contribution in [0.2, 0.25) is 0 Å². The Morgan fingerprint density at radius 2 is 1.66 bits per heavy atom. The number of anilines is 1. The van der Waals surface area contributed by atoms with Gasteiger partial charge < -0.3 is 21.3 Å². The van der Waals surface area contributed by atoms with Crippen molar-refractivity contribution in [3.63, 3.8) is 0 Å². The lowest BCUT2D eigenvalue weighted by Crippen LogP contribution is -2.47. The molecule has 6 nitrogen and oxygen atoms in total. The number of carbonyl (C=O) groups is 2. The van der Waals surface area contributed by atoms with Crippen molar-refractivity contribution in [2.24, 2.45) is 11.8 Å². The van der Waals surface area contributed by atoms with Crippen molar-refractivity contribution >= 4 is 17.5 Å². The van der Waals surface area contributed by atoms with Crippen LogP contribution >= 0.6 is 0 Å². The lowest BCUT2D eigenvalue weighted by molar-refractivity contribution is -0.135. The van der Waals surface area contributed by atoms with E-state index >= 15 is 0 Å². The molecule has 0 bridgehead atoms. The third kappa shape index (κ3) is 5.10. The third-order valence-electron chi connectivity index (χ3n) is 6.82. The van der Waals surface area contributed by atoms with Gasteiger partial charge in [0.15, 0.2) is 0 Å². The number of nitrogens with zero attached hydrogens (tertiary/aromatic N) is 1. The highest BCUT2D eigenvalue weighted by Crippen LogP contribution is 2.32. The fourth-order valence-electron chi connectivity index (χ4n) is 4.97. The number of nitrogens with two attached hydrogens (primary N) is 1. The van der Waals surface area contributed by atoms with E-state index in [1.54, 1.807) is 0 Å². The van der Waals surface area contributed by atoms with Gasteiger partial charge in [0.1, 0.15) is 11.9 Å². The second-order valence-corrected chi connectivity index (χ2v) is 8.80. The molecule has 4 N–H and O–H groups in total. The molecule has 2 heterocycles. The average Bonchev–Trinajstić information content (AvgIpc) is 2.83. The summed E-state index contributed by atoms with van der Waals surface area (Å²) in [7, 11) is 0. The molecule has 0 spiro atoms. The molecule has 0 saturated carbocycles. The minimum atomic E-state index is -0.816. The summed E-state index contributed by atoms with van der Waals surface area (Å²) >= 11 is 0. The molecule has 7 heteroatoms. The molecular formula is C25H31FN4O2. The molecule has 1 atom stereocenters. The standard InChI is InChI=1S/C25H31FN4O2/c26-20-6-7-21(22(27)16-20)24(31)29-23(19-4-2-1-3-5-19)25(32)30-14-10-18(11-15-30)17-8-12-28-13-9-17/h1-7,16-18,23,28H,8-15,27H2,(H,29,31). The van der Waals surface area contributed by atoms with Crippen LogP contribution in [0, 0.1) is 17.7 Å². The minimum absolute atomic E-state index is 0.0459. The summed E-state index contributed by atoms with van der Waals surface area (Å²) in [6.07, 6.45) is 4.41. The number of nitrogen functional groups attached to an aromatic ring is 1. The average molecular weight is 439 g/mol. The first-order chi connectivity index (χ1) is 15.5. The number of likely N-dealkylation sites (tertiary alicyclic amines) is 1. The number of hydrogen-bond donors (Lipinski definition) is 3. The molecule has 0 aromatic heterocycles. The van der Waals surface area contributed by atoms with Crippen molar-refractivity contribution in [2.75, 3.05) is 31.9 Å². The van der Waals surface area contributed by atoms with Gasteiger partial charge in [0.05, 0.1) is 5.56 Å². The van der Waals surface area contributed by atoms with Gasteiger partial charge in [0.2, 0.25) is 5.91 Å². The molecule has 0 radical (unpaired) electrons. The highest BCUT2D eigenvalue weighted by Gasteiger charge is 2.33. The molecule has 1 unspecified atom stereocenters. The summed E-state index contributed by atoms with van der Waals surface area (Å²) in [5.41, 5.74) is 6.76. The molecule has 170 valence electrons. The summed E-state index contributed by atoms with van der Waals surface area (Å²) in [6.45, 7) is 3.56. The normalized spacial score (nSPS) is 18.8. The third-order valence-corrected chi connectivity index (χ3v) is 6.82.